The molecule has 102 valence electrons. The third kappa shape index (κ3) is 1.77. The zero-order valence-corrected chi connectivity index (χ0v) is 10.1. The lowest BCUT2D eigenvalue weighted by atomic mass is 10.3. The minimum Gasteiger partial charge on any atom is -0.310 e. The summed E-state index contributed by atoms with van der Waals surface area (Å²) in [6.07, 6.45) is 1.18. The smallest absolute Gasteiger partial charge is 0.262 e. The molecule has 0 spiro atoms. The molecule has 1 aromatic carbocycles. The van der Waals surface area contributed by atoms with Crippen LogP contribution in [0.2, 0.25) is 0 Å². The monoisotopic (exact) mass is 280 g/mol. The zero-order chi connectivity index (χ0) is 14.4. The van der Waals surface area contributed by atoms with Crippen LogP contribution in [0.5, 0.6) is 0 Å². The summed E-state index contributed by atoms with van der Waals surface area (Å²) >= 11 is 0. The average Bonchev–Trinajstić information content (AvgIpc) is 2.77. The number of nitrogens with one attached hydrogen (secondary N) is 1. The highest BCUT2D eigenvalue weighted by molar-refractivity contribution is 5.75. The number of aryl methyl sites for hydroxylation is 1. The lowest BCUT2D eigenvalue weighted by Gasteiger charge is -2.05. The van der Waals surface area contributed by atoms with E-state index >= 15 is 0 Å². The van der Waals surface area contributed by atoms with E-state index in [-0.39, 0.29) is 16.7 Å². The van der Waals surface area contributed by atoms with E-state index in [1.54, 1.807) is 6.92 Å². The van der Waals surface area contributed by atoms with Crippen molar-refractivity contribution in [3.8, 4) is 5.69 Å². The molecule has 3 rings (SSSR count). The van der Waals surface area contributed by atoms with Crippen molar-refractivity contribution in [3.63, 3.8) is 0 Å². The first kappa shape index (κ1) is 12.4. The van der Waals surface area contributed by atoms with Crippen LogP contribution in [-0.2, 0) is 0 Å². The van der Waals surface area contributed by atoms with Crippen LogP contribution < -0.4 is 5.56 Å². The molecule has 0 aliphatic heterocycles. The molecule has 3 aromatic rings. The van der Waals surface area contributed by atoms with Gasteiger partial charge in [0.1, 0.15) is 16.9 Å². The summed E-state index contributed by atoms with van der Waals surface area (Å²) in [4.78, 5) is 18.2. The lowest BCUT2D eigenvalue weighted by Crippen LogP contribution is -2.10. The number of H-pyrrole nitrogens is 1. The molecule has 0 amide bonds. The Bertz CT molecular complexity index is 884. The van der Waals surface area contributed by atoms with Gasteiger partial charge in [0.05, 0.1) is 6.20 Å². The Morgan fingerprint density at radius 1 is 1.15 bits per heavy atom. The normalized spacial score (nSPS) is 11.2. The summed E-state index contributed by atoms with van der Waals surface area (Å²) in [7, 11) is 0. The first-order chi connectivity index (χ1) is 9.47. The first-order valence-corrected chi connectivity index (χ1v) is 5.57. The Kier molecular flexibility index (Phi) is 2.60. The summed E-state index contributed by atoms with van der Waals surface area (Å²) in [5, 5.41) is 3.93. The second kappa shape index (κ2) is 4.19. The number of fused-ring (bicyclic) bond motifs is 1. The third-order valence-electron chi connectivity index (χ3n) is 2.77. The van der Waals surface area contributed by atoms with Crippen LogP contribution in [0.4, 0.5) is 13.2 Å². The van der Waals surface area contributed by atoms with Crippen molar-refractivity contribution in [1.29, 1.82) is 0 Å². The molecule has 8 heteroatoms. The van der Waals surface area contributed by atoms with E-state index in [9.17, 15) is 18.0 Å². The maximum absolute atomic E-state index is 13.7. The predicted octanol–water partition coefficient (Wildman–Crippen LogP) is 1.83. The first-order valence-electron chi connectivity index (χ1n) is 5.57. The molecule has 20 heavy (non-hydrogen) atoms. The quantitative estimate of drug-likeness (QED) is 0.692. The van der Waals surface area contributed by atoms with Crippen LogP contribution in [0.3, 0.4) is 0 Å². The van der Waals surface area contributed by atoms with Crippen molar-refractivity contribution < 1.29 is 13.2 Å². The Labute approximate surface area is 109 Å². The fourth-order valence-corrected chi connectivity index (χ4v) is 1.88. The highest BCUT2D eigenvalue weighted by atomic mass is 19.2. The van der Waals surface area contributed by atoms with Crippen LogP contribution in [-0.4, -0.2) is 19.7 Å². The van der Waals surface area contributed by atoms with E-state index in [0.717, 1.165) is 4.68 Å². The summed E-state index contributed by atoms with van der Waals surface area (Å²) in [5.41, 5.74) is -0.700. The van der Waals surface area contributed by atoms with E-state index in [1.165, 1.54) is 6.20 Å². The SMILES string of the molecule is Cc1nc2c(cnn2-c2cc(F)c(F)cc2F)c(=O)[nH]1. The van der Waals surface area contributed by atoms with Gasteiger partial charge in [0, 0.05) is 12.1 Å². The van der Waals surface area contributed by atoms with Crippen LogP contribution in [0.25, 0.3) is 16.7 Å². The number of aromatic amines is 1. The number of rotatable bonds is 1. The molecule has 1 N–H and O–H groups in total. The van der Waals surface area contributed by atoms with Gasteiger partial charge in [-0.3, -0.25) is 4.79 Å². The lowest BCUT2D eigenvalue weighted by molar-refractivity contribution is 0.492. The van der Waals surface area contributed by atoms with Gasteiger partial charge in [-0.1, -0.05) is 0 Å². The molecule has 0 unspecified atom stereocenters. The van der Waals surface area contributed by atoms with Gasteiger partial charge in [-0.15, -0.1) is 0 Å². The number of hydrogen-bond acceptors (Lipinski definition) is 3. The van der Waals surface area contributed by atoms with Gasteiger partial charge in [0.2, 0.25) is 0 Å². The molecular formula is C12H7F3N4O. The summed E-state index contributed by atoms with van der Waals surface area (Å²) in [5.74, 6) is -3.22. The number of nitrogens with zero attached hydrogens (tertiary/aromatic N) is 3. The molecule has 0 aliphatic rings. The molecule has 5 nitrogen and oxygen atoms in total. The van der Waals surface area contributed by atoms with Gasteiger partial charge in [0.15, 0.2) is 23.1 Å². The van der Waals surface area contributed by atoms with E-state index in [2.05, 4.69) is 15.1 Å². The van der Waals surface area contributed by atoms with Crippen LogP contribution in [0, 0.1) is 24.4 Å². The van der Waals surface area contributed by atoms with Crippen LogP contribution in [0.1, 0.15) is 5.82 Å². The summed E-state index contributed by atoms with van der Waals surface area (Å²) in [6, 6.07) is 1.08. The van der Waals surface area contributed by atoms with Crippen molar-refractivity contribution in [2.24, 2.45) is 0 Å². The van der Waals surface area contributed by atoms with Crippen molar-refractivity contribution in [2.75, 3.05) is 0 Å². The van der Waals surface area contributed by atoms with E-state index in [0.29, 0.717) is 18.0 Å². The average molecular weight is 280 g/mol. The third-order valence-corrected chi connectivity index (χ3v) is 2.77. The molecule has 0 atom stereocenters. The second-order valence-electron chi connectivity index (χ2n) is 4.16. The van der Waals surface area contributed by atoms with E-state index in [1.807, 2.05) is 0 Å². The number of hydrogen-bond donors (Lipinski definition) is 1. The standard InChI is InChI=1S/C12H7F3N4O/c1-5-17-11-6(12(20)18-5)4-16-19(11)10-3-8(14)7(13)2-9(10)15/h2-4H,1H3,(H,17,18,20). The highest BCUT2D eigenvalue weighted by Crippen LogP contribution is 2.20. The maximum Gasteiger partial charge on any atom is 0.262 e. The Balaban J connectivity index is 2.36. The van der Waals surface area contributed by atoms with E-state index in [4.69, 9.17) is 0 Å². The largest absolute Gasteiger partial charge is 0.310 e. The molecule has 0 aliphatic carbocycles. The van der Waals surface area contributed by atoms with Crippen molar-refractivity contribution in [1.82, 2.24) is 19.7 Å². The second-order valence-corrected chi connectivity index (χ2v) is 4.16. The highest BCUT2D eigenvalue weighted by Gasteiger charge is 2.16. The molecular weight excluding hydrogens is 273 g/mol. The molecule has 0 saturated carbocycles. The minimum absolute atomic E-state index is 0.0659. The number of halogens is 3. The molecule has 2 heterocycles. The summed E-state index contributed by atoms with van der Waals surface area (Å²) in [6.45, 7) is 1.54. The van der Waals surface area contributed by atoms with Gasteiger partial charge in [-0.2, -0.15) is 5.10 Å². The van der Waals surface area contributed by atoms with Crippen molar-refractivity contribution >= 4 is 11.0 Å². The predicted molar refractivity (Wildman–Crippen MR) is 64.1 cm³/mol. The Morgan fingerprint density at radius 2 is 1.85 bits per heavy atom. The summed E-state index contributed by atoms with van der Waals surface area (Å²) < 4.78 is 40.9. The number of benzene rings is 1. The Hall–Kier alpha value is -2.64. The number of aromatic nitrogens is 4. The molecule has 0 radical (unpaired) electrons. The minimum atomic E-state index is -1.30. The van der Waals surface area contributed by atoms with Gasteiger partial charge >= 0.3 is 0 Å². The maximum atomic E-state index is 13.7. The van der Waals surface area contributed by atoms with Gasteiger partial charge < -0.3 is 4.98 Å². The molecule has 2 aromatic heterocycles. The van der Waals surface area contributed by atoms with Crippen molar-refractivity contribution in [2.45, 2.75) is 6.92 Å². The molecule has 0 fully saturated rings. The fraction of sp³-hybridized carbons (Fsp3) is 0.0833. The van der Waals surface area contributed by atoms with Crippen LogP contribution >= 0.6 is 0 Å². The Morgan fingerprint density at radius 3 is 2.60 bits per heavy atom. The van der Waals surface area contributed by atoms with Crippen molar-refractivity contribution in [3.05, 3.63) is 52.0 Å². The van der Waals surface area contributed by atoms with Gasteiger partial charge in [-0.05, 0) is 6.92 Å². The van der Waals surface area contributed by atoms with Gasteiger partial charge in [-0.25, -0.2) is 22.8 Å². The van der Waals surface area contributed by atoms with Crippen LogP contribution in [0.15, 0.2) is 23.1 Å². The molecule has 0 saturated heterocycles. The van der Waals surface area contributed by atoms with Gasteiger partial charge in [0.25, 0.3) is 5.56 Å². The van der Waals surface area contributed by atoms with E-state index < -0.39 is 23.0 Å². The molecule has 0 bridgehead atoms. The zero-order valence-electron chi connectivity index (χ0n) is 10.1. The fourth-order valence-electron chi connectivity index (χ4n) is 1.88. The topological polar surface area (TPSA) is 63.6 Å².